The Balaban J connectivity index is 2.56. The van der Waals surface area contributed by atoms with Crippen molar-refractivity contribution in [2.45, 2.75) is 31.9 Å². The van der Waals surface area contributed by atoms with Crippen molar-refractivity contribution in [3.63, 3.8) is 0 Å². The number of nitriles is 1. The highest BCUT2D eigenvalue weighted by Gasteiger charge is 2.50. The molecule has 0 radical (unpaired) electrons. The van der Waals surface area contributed by atoms with Crippen LogP contribution in [0.5, 0.6) is 0 Å². The van der Waals surface area contributed by atoms with Gasteiger partial charge in [-0.3, -0.25) is 0 Å². The Labute approximate surface area is 161 Å². The first kappa shape index (κ1) is 20.8. The molecule has 0 aliphatic rings. The number of carboxylic acids is 1. The van der Waals surface area contributed by atoms with Gasteiger partial charge in [0.25, 0.3) is 8.32 Å². The lowest BCUT2D eigenvalue weighted by Crippen LogP contribution is -2.67. The quantitative estimate of drug-likeness (QED) is 0.715. The Hall–Kier alpha value is -2.46. The Morgan fingerprint density at radius 3 is 1.85 bits per heavy atom. The first-order valence-corrected chi connectivity index (χ1v) is 10.7. The molecule has 0 unspecified atom stereocenters. The SMILES string of the molecule is CC(C)(C)[Si](OC[C@H](C#N)[C@H](O)C(=O)O)(c1ccccc1)c1ccccc1. The number of hydrogen-bond donors (Lipinski definition) is 2. The van der Waals surface area contributed by atoms with Crippen molar-refractivity contribution in [1.29, 1.82) is 5.26 Å². The molecule has 0 spiro atoms. The number of aliphatic hydroxyl groups excluding tert-OH is 1. The highest BCUT2D eigenvalue weighted by atomic mass is 28.4. The third-order valence-corrected chi connectivity index (χ3v) is 9.70. The van der Waals surface area contributed by atoms with E-state index in [2.05, 4.69) is 20.8 Å². The zero-order valence-electron chi connectivity index (χ0n) is 15.8. The van der Waals surface area contributed by atoms with E-state index in [4.69, 9.17) is 9.53 Å². The molecule has 0 aliphatic carbocycles. The molecule has 0 heterocycles. The number of carboxylic acid groups (broad SMARTS) is 1. The Morgan fingerprint density at radius 2 is 1.52 bits per heavy atom. The number of benzene rings is 2. The number of hydrogen-bond acceptors (Lipinski definition) is 4. The van der Waals surface area contributed by atoms with E-state index < -0.39 is 26.3 Å². The van der Waals surface area contributed by atoms with Crippen molar-refractivity contribution < 1.29 is 19.4 Å². The van der Waals surface area contributed by atoms with Crippen LogP contribution in [0.4, 0.5) is 0 Å². The van der Waals surface area contributed by atoms with Gasteiger partial charge in [-0.1, -0.05) is 81.4 Å². The summed E-state index contributed by atoms with van der Waals surface area (Å²) in [6, 6.07) is 21.6. The third-order valence-electron chi connectivity index (χ3n) is 4.70. The second kappa shape index (κ2) is 8.48. The van der Waals surface area contributed by atoms with Crippen LogP contribution in [0.3, 0.4) is 0 Å². The number of nitrogens with zero attached hydrogens (tertiary/aromatic N) is 1. The molecule has 2 rings (SSSR count). The third kappa shape index (κ3) is 4.27. The average Bonchev–Trinajstić information content (AvgIpc) is 2.65. The molecular formula is C21H25NO4Si. The van der Waals surface area contributed by atoms with Crippen LogP contribution < -0.4 is 10.4 Å². The van der Waals surface area contributed by atoms with Gasteiger partial charge >= 0.3 is 5.97 Å². The van der Waals surface area contributed by atoms with Gasteiger partial charge in [-0.05, 0) is 15.4 Å². The van der Waals surface area contributed by atoms with Gasteiger partial charge in [-0.2, -0.15) is 5.26 Å². The minimum Gasteiger partial charge on any atom is -0.479 e. The maximum atomic E-state index is 11.1. The maximum Gasteiger partial charge on any atom is 0.334 e. The minimum atomic E-state index is -2.86. The van der Waals surface area contributed by atoms with E-state index in [-0.39, 0.29) is 11.6 Å². The maximum absolute atomic E-state index is 11.1. The number of aliphatic carboxylic acids is 1. The minimum absolute atomic E-state index is 0.156. The summed E-state index contributed by atoms with van der Waals surface area (Å²) in [7, 11) is -2.86. The second-order valence-corrected chi connectivity index (χ2v) is 11.8. The van der Waals surface area contributed by atoms with Crippen LogP contribution >= 0.6 is 0 Å². The molecule has 0 saturated carbocycles. The average molecular weight is 384 g/mol. The number of rotatable bonds is 7. The predicted octanol–water partition coefficient (Wildman–Crippen LogP) is 2.15. The highest BCUT2D eigenvalue weighted by Crippen LogP contribution is 2.37. The fraction of sp³-hybridized carbons (Fsp3) is 0.333. The van der Waals surface area contributed by atoms with Crippen molar-refractivity contribution in [3.8, 4) is 6.07 Å². The van der Waals surface area contributed by atoms with Gasteiger partial charge in [0.2, 0.25) is 0 Å². The fourth-order valence-electron chi connectivity index (χ4n) is 3.35. The van der Waals surface area contributed by atoms with Crippen molar-refractivity contribution in [3.05, 3.63) is 60.7 Å². The summed E-state index contributed by atoms with van der Waals surface area (Å²) in [4.78, 5) is 11.1. The molecule has 0 fully saturated rings. The largest absolute Gasteiger partial charge is 0.479 e. The zero-order valence-corrected chi connectivity index (χ0v) is 16.8. The topological polar surface area (TPSA) is 90.5 Å². The molecule has 0 aromatic heterocycles. The van der Waals surface area contributed by atoms with Gasteiger partial charge in [-0.25, -0.2) is 4.79 Å². The standard InChI is InChI=1S/C21H25NO4Si/c1-21(2,3)27(17-10-6-4-7-11-17,18-12-8-5-9-13-18)26-15-16(14-22)19(23)20(24)25/h4-13,16,19,23H,15H2,1-3H3,(H,24,25)/t16-,19-/m0/s1. The molecule has 0 aliphatic heterocycles. The fourth-order valence-corrected chi connectivity index (χ4v) is 7.93. The summed E-state index contributed by atoms with van der Waals surface area (Å²) in [5.74, 6) is -2.57. The van der Waals surface area contributed by atoms with Crippen molar-refractivity contribution in [1.82, 2.24) is 0 Å². The van der Waals surface area contributed by atoms with Crippen molar-refractivity contribution >= 4 is 24.7 Å². The van der Waals surface area contributed by atoms with Gasteiger partial charge in [0.15, 0.2) is 6.10 Å². The lowest BCUT2D eigenvalue weighted by atomic mass is 10.1. The van der Waals surface area contributed by atoms with Gasteiger partial charge in [0.1, 0.15) is 5.92 Å². The molecule has 0 bridgehead atoms. The molecule has 27 heavy (non-hydrogen) atoms. The van der Waals surface area contributed by atoms with Crippen LogP contribution in [0.25, 0.3) is 0 Å². The normalized spacial score (nSPS) is 14.2. The summed E-state index contributed by atoms with van der Waals surface area (Å²) in [6.45, 7) is 6.12. The molecule has 5 nitrogen and oxygen atoms in total. The molecule has 0 saturated heterocycles. The summed E-state index contributed by atoms with van der Waals surface area (Å²) >= 11 is 0. The summed E-state index contributed by atoms with van der Waals surface area (Å²) in [5, 5.41) is 30.0. The van der Waals surface area contributed by atoms with Crippen LogP contribution in [0.2, 0.25) is 5.04 Å². The van der Waals surface area contributed by atoms with E-state index in [1.807, 2.05) is 66.7 Å². The van der Waals surface area contributed by atoms with Crippen LogP contribution in [-0.4, -0.2) is 37.2 Å². The lowest BCUT2D eigenvalue weighted by molar-refractivity contribution is -0.149. The van der Waals surface area contributed by atoms with Crippen LogP contribution in [0.1, 0.15) is 20.8 Å². The molecule has 2 N–H and O–H groups in total. The molecule has 0 amide bonds. The van der Waals surface area contributed by atoms with Crippen molar-refractivity contribution in [2.75, 3.05) is 6.61 Å². The van der Waals surface area contributed by atoms with E-state index >= 15 is 0 Å². The monoisotopic (exact) mass is 383 g/mol. The molecular weight excluding hydrogens is 358 g/mol. The van der Waals surface area contributed by atoms with Gasteiger partial charge in [-0.15, -0.1) is 0 Å². The molecule has 6 heteroatoms. The Morgan fingerprint density at radius 1 is 1.07 bits per heavy atom. The highest BCUT2D eigenvalue weighted by molar-refractivity contribution is 6.99. The Bertz CT molecular complexity index is 757. The predicted molar refractivity (Wildman–Crippen MR) is 106 cm³/mol. The van der Waals surface area contributed by atoms with E-state index in [1.54, 1.807) is 0 Å². The van der Waals surface area contributed by atoms with Gasteiger partial charge < -0.3 is 14.6 Å². The van der Waals surface area contributed by atoms with E-state index in [1.165, 1.54) is 0 Å². The van der Waals surface area contributed by atoms with Gasteiger partial charge in [0, 0.05) is 0 Å². The van der Waals surface area contributed by atoms with Crippen molar-refractivity contribution in [2.24, 2.45) is 5.92 Å². The smallest absolute Gasteiger partial charge is 0.334 e. The van der Waals surface area contributed by atoms with Crippen LogP contribution in [-0.2, 0) is 9.22 Å². The summed E-state index contributed by atoms with van der Waals surface area (Å²) in [5.41, 5.74) is 0. The second-order valence-electron chi connectivity index (χ2n) is 7.49. The molecule has 2 aromatic rings. The van der Waals surface area contributed by atoms with E-state index in [0.717, 1.165) is 10.4 Å². The number of carbonyl (C=O) groups is 1. The molecule has 2 atom stereocenters. The van der Waals surface area contributed by atoms with Crippen LogP contribution in [0.15, 0.2) is 60.7 Å². The Kier molecular flexibility index (Phi) is 6.55. The summed E-state index contributed by atoms with van der Waals surface area (Å²) < 4.78 is 6.48. The van der Waals surface area contributed by atoms with Gasteiger partial charge in [0.05, 0.1) is 12.7 Å². The van der Waals surface area contributed by atoms with Crippen LogP contribution in [0, 0.1) is 17.2 Å². The number of aliphatic hydroxyl groups is 1. The zero-order chi connectivity index (χ0) is 20.1. The van der Waals surface area contributed by atoms with E-state index in [9.17, 15) is 15.2 Å². The summed E-state index contributed by atoms with van der Waals surface area (Å²) in [6.07, 6.45) is -1.78. The first-order chi connectivity index (χ1) is 12.7. The van der Waals surface area contributed by atoms with E-state index in [0.29, 0.717) is 0 Å². The molecule has 142 valence electrons. The first-order valence-electron chi connectivity index (χ1n) is 8.79. The molecule has 2 aromatic carbocycles. The lowest BCUT2D eigenvalue weighted by Gasteiger charge is -2.43.